The van der Waals surface area contributed by atoms with Crippen LogP contribution in [-0.2, 0) is 27.1 Å². The third kappa shape index (κ3) is 15.0. The van der Waals surface area contributed by atoms with Crippen LogP contribution in [0.3, 0.4) is 0 Å². The van der Waals surface area contributed by atoms with Crippen LogP contribution in [0.15, 0.2) is 97.3 Å². The molecule has 0 spiro atoms. The smallest absolute Gasteiger partial charge is 0.410 e. The highest BCUT2D eigenvalue weighted by Gasteiger charge is 2.30. The summed E-state index contributed by atoms with van der Waals surface area (Å²) in [5.41, 5.74) is 7.91. The number of nitrogens with one attached hydrogen (secondary N) is 1. The Morgan fingerprint density at radius 3 is 1.46 bits per heavy atom. The highest BCUT2D eigenvalue weighted by atomic mass is 16.6. The van der Waals surface area contributed by atoms with Gasteiger partial charge in [0, 0.05) is 99.8 Å². The van der Waals surface area contributed by atoms with Gasteiger partial charge in [-0.25, -0.2) is 24.7 Å². The van der Waals surface area contributed by atoms with E-state index in [9.17, 15) is 15.3 Å². The number of likely N-dealkylation sites (tertiary alicyclic amines) is 1. The first kappa shape index (κ1) is 55.7. The lowest BCUT2D eigenvalue weighted by atomic mass is 10.0. The van der Waals surface area contributed by atoms with Crippen LogP contribution in [0, 0.1) is 22.7 Å². The van der Waals surface area contributed by atoms with Gasteiger partial charge in [0.1, 0.15) is 41.6 Å². The van der Waals surface area contributed by atoms with Crippen molar-refractivity contribution in [3.05, 3.63) is 131 Å². The summed E-state index contributed by atoms with van der Waals surface area (Å²) in [5, 5.41) is 23.2. The molecule has 4 fully saturated rings. The number of amides is 1. The van der Waals surface area contributed by atoms with E-state index in [0.717, 1.165) is 112 Å². The first-order valence-electron chi connectivity index (χ1n) is 27.2. The van der Waals surface area contributed by atoms with E-state index in [0.29, 0.717) is 84.4 Å². The molecular formula is C61H70N10O8. The zero-order valence-electron chi connectivity index (χ0n) is 45.9. The van der Waals surface area contributed by atoms with E-state index in [1.165, 1.54) is 11.4 Å². The number of aromatic nitrogens is 4. The van der Waals surface area contributed by atoms with Gasteiger partial charge in [-0.05, 0) is 118 Å². The Kier molecular flexibility index (Phi) is 18.7. The molecule has 6 aromatic rings. The topological polar surface area (TPSA) is 203 Å². The summed E-state index contributed by atoms with van der Waals surface area (Å²) in [6.45, 7) is 15.1. The van der Waals surface area contributed by atoms with Crippen LogP contribution in [0.5, 0.6) is 23.0 Å². The third-order valence-corrected chi connectivity index (χ3v) is 14.1. The molecule has 4 saturated heterocycles. The summed E-state index contributed by atoms with van der Waals surface area (Å²) in [5.74, 6) is 3.32. The molecular weight excluding hydrogens is 1000 g/mol. The van der Waals surface area contributed by atoms with E-state index in [1.54, 1.807) is 37.6 Å². The first-order valence-corrected chi connectivity index (χ1v) is 27.2. The number of carbonyl (C=O) groups is 1. The number of hydrogen-bond donors (Lipinski definition) is 1. The van der Waals surface area contributed by atoms with Crippen LogP contribution < -0.4 is 34.1 Å². The van der Waals surface area contributed by atoms with Crippen molar-refractivity contribution in [2.75, 3.05) is 103 Å². The molecule has 0 aliphatic carbocycles. The van der Waals surface area contributed by atoms with Gasteiger partial charge in [-0.2, -0.15) is 10.5 Å². The minimum absolute atomic E-state index is 0.0680. The van der Waals surface area contributed by atoms with Crippen LogP contribution in [0.4, 0.5) is 16.2 Å². The fourth-order valence-electron chi connectivity index (χ4n) is 9.89. The molecule has 4 aliphatic rings. The van der Waals surface area contributed by atoms with E-state index in [4.69, 9.17) is 43.1 Å². The quantitative estimate of drug-likeness (QED) is 0.108. The van der Waals surface area contributed by atoms with Crippen molar-refractivity contribution in [2.24, 2.45) is 0 Å². The molecule has 0 saturated carbocycles. The molecule has 1 N–H and O–H groups in total. The number of ether oxygens (including phenoxy) is 7. The van der Waals surface area contributed by atoms with Crippen molar-refractivity contribution in [1.82, 2.24) is 30.2 Å². The Hall–Kier alpha value is -8.03. The SMILES string of the molecule is COc1cc(-c2ccnc(Cc3ccc(N4CCOCC4)cc3)n2)cc(C#N)c1OC1CCN(C(=O)OC(C)(C)C)CC1.COc1cc(-c2ccnc(Cc3ccc(N4CCOCC4)cc3)n2)cc(C#N)c1OC1CCNCC1. The summed E-state index contributed by atoms with van der Waals surface area (Å²) < 4.78 is 40.2. The Labute approximate surface area is 463 Å². The molecule has 0 radical (unpaired) electrons. The van der Waals surface area contributed by atoms with Crippen molar-refractivity contribution in [3.8, 4) is 57.7 Å². The molecule has 18 heteroatoms. The predicted molar refractivity (Wildman–Crippen MR) is 300 cm³/mol. The fourth-order valence-corrected chi connectivity index (χ4v) is 9.89. The second kappa shape index (κ2) is 26.5. The average molecular weight is 1070 g/mol. The number of benzene rings is 4. The van der Waals surface area contributed by atoms with Crippen LogP contribution in [0.2, 0.25) is 0 Å². The van der Waals surface area contributed by atoms with Crippen molar-refractivity contribution in [2.45, 2.75) is 77.1 Å². The normalized spacial score (nSPS) is 16.2. The molecule has 79 heavy (non-hydrogen) atoms. The summed E-state index contributed by atoms with van der Waals surface area (Å²) in [6.07, 6.45) is 7.34. The van der Waals surface area contributed by atoms with Crippen molar-refractivity contribution < 1.29 is 38.0 Å². The Morgan fingerprint density at radius 2 is 1.05 bits per heavy atom. The van der Waals surface area contributed by atoms with Crippen LogP contribution in [-0.4, -0.2) is 142 Å². The zero-order chi connectivity index (χ0) is 55.1. The molecule has 412 valence electrons. The Morgan fingerprint density at radius 1 is 0.620 bits per heavy atom. The number of nitriles is 2. The molecule has 1 amide bonds. The van der Waals surface area contributed by atoms with Gasteiger partial charge in [-0.15, -0.1) is 0 Å². The van der Waals surface area contributed by atoms with Gasteiger partial charge in [-0.3, -0.25) is 0 Å². The highest BCUT2D eigenvalue weighted by molar-refractivity contribution is 5.70. The van der Waals surface area contributed by atoms with Gasteiger partial charge >= 0.3 is 6.09 Å². The fraction of sp³-hybridized carbons (Fsp3) is 0.426. The van der Waals surface area contributed by atoms with Crippen molar-refractivity contribution >= 4 is 17.5 Å². The van der Waals surface area contributed by atoms with Crippen molar-refractivity contribution in [3.63, 3.8) is 0 Å². The molecule has 10 rings (SSSR count). The van der Waals surface area contributed by atoms with E-state index in [1.807, 2.05) is 51.1 Å². The summed E-state index contributed by atoms with van der Waals surface area (Å²) in [4.78, 5) is 37.4. The maximum absolute atomic E-state index is 12.4. The molecule has 4 aromatic carbocycles. The molecule has 0 unspecified atom stereocenters. The van der Waals surface area contributed by atoms with E-state index in [-0.39, 0.29) is 18.3 Å². The number of morpholine rings is 2. The van der Waals surface area contributed by atoms with Crippen LogP contribution >= 0.6 is 0 Å². The molecule has 18 nitrogen and oxygen atoms in total. The second-order valence-corrected chi connectivity index (χ2v) is 20.8. The Balaban J connectivity index is 0.000000195. The van der Waals surface area contributed by atoms with Gasteiger partial charge in [0.2, 0.25) is 0 Å². The number of methoxy groups -OCH3 is 2. The lowest BCUT2D eigenvalue weighted by Gasteiger charge is -2.33. The number of anilines is 2. The number of rotatable bonds is 14. The molecule has 0 atom stereocenters. The molecule has 2 aromatic heterocycles. The van der Waals surface area contributed by atoms with Gasteiger partial charge < -0.3 is 53.2 Å². The minimum Gasteiger partial charge on any atom is -0.493 e. The minimum atomic E-state index is -0.541. The van der Waals surface area contributed by atoms with Gasteiger partial charge in [0.15, 0.2) is 23.0 Å². The van der Waals surface area contributed by atoms with E-state index in [2.05, 4.69) is 85.8 Å². The lowest BCUT2D eigenvalue weighted by molar-refractivity contribution is 0.0124. The molecule has 4 aliphatic heterocycles. The highest BCUT2D eigenvalue weighted by Crippen LogP contribution is 2.39. The summed E-state index contributed by atoms with van der Waals surface area (Å²) in [7, 11) is 3.16. The van der Waals surface area contributed by atoms with E-state index < -0.39 is 5.60 Å². The number of hydrogen-bond acceptors (Lipinski definition) is 17. The Bertz CT molecular complexity index is 3080. The standard InChI is InChI=1S/C33H39N5O5.C28H31N5O3/c1-33(2,3)43-32(39)38-13-10-27(11-14-38)42-31-25(22-34)20-24(21-29(31)40-4)28-9-12-35-30(36-28)19-23-5-7-26(8-6-23)37-15-17-41-18-16-37;1-34-26-18-21(17-22(19-29)28(26)36-24-6-9-30-10-7-24)25-8-11-31-27(32-25)16-20-2-4-23(5-3-20)33-12-14-35-15-13-33/h5-9,12,20-21,27H,10-11,13-19H2,1-4H3;2-5,8,11,17-18,24,30H,6-7,9-10,12-16H2,1H3. The predicted octanol–water partition coefficient (Wildman–Crippen LogP) is 8.81. The van der Waals surface area contributed by atoms with Crippen LogP contribution in [0.25, 0.3) is 22.5 Å². The van der Waals surface area contributed by atoms with Gasteiger partial charge in [-0.1, -0.05) is 24.3 Å². The molecule has 6 heterocycles. The zero-order valence-corrected chi connectivity index (χ0v) is 45.9. The maximum Gasteiger partial charge on any atom is 0.410 e. The number of nitrogens with zero attached hydrogens (tertiary/aromatic N) is 9. The van der Waals surface area contributed by atoms with Crippen molar-refractivity contribution in [1.29, 1.82) is 10.5 Å². The second-order valence-electron chi connectivity index (χ2n) is 20.8. The number of carbonyl (C=O) groups excluding carboxylic acids is 1. The lowest BCUT2D eigenvalue weighted by Crippen LogP contribution is -2.44. The first-order chi connectivity index (χ1) is 38.4. The average Bonchev–Trinajstić information content (AvgIpc) is 3.53. The van der Waals surface area contributed by atoms with E-state index >= 15 is 0 Å². The van der Waals surface area contributed by atoms with Gasteiger partial charge in [0.25, 0.3) is 0 Å². The summed E-state index contributed by atoms with van der Waals surface area (Å²) >= 11 is 0. The molecule has 0 bridgehead atoms. The third-order valence-electron chi connectivity index (χ3n) is 14.1. The largest absolute Gasteiger partial charge is 0.493 e. The van der Waals surface area contributed by atoms with Gasteiger partial charge in [0.05, 0.1) is 63.2 Å². The summed E-state index contributed by atoms with van der Waals surface area (Å²) in [6, 6.07) is 32.6. The van der Waals surface area contributed by atoms with Crippen LogP contribution in [0.1, 0.15) is 80.4 Å². The monoisotopic (exact) mass is 1070 g/mol. The number of piperidine rings is 2. The maximum atomic E-state index is 12.4.